The number of rotatable bonds is 7. The van der Waals surface area contributed by atoms with Crippen LogP contribution in [0.5, 0.6) is 0 Å². The molecule has 7 heteroatoms. The zero-order valence-electron chi connectivity index (χ0n) is 13.2. The molecule has 3 N–H and O–H groups in total. The highest BCUT2D eigenvalue weighted by Gasteiger charge is 2.20. The van der Waals surface area contributed by atoms with Crippen molar-refractivity contribution in [1.29, 1.82) is 0 Å². The molecule has 0 aliphatic carbocycles. The van der Waals surface area contributed by atoms with Crippen molar-refractivity contribution in [1.82, 2.24) is 0 Å². The number of aryl methyl sites for hydroxylation is 1. The van der Waals surface area contributed by atoms with Gasteiger partial charge in [0.1, 0.15) is 5.00 Å². The second-order valence-corrected chi connectivity index (χ2v) is 6.05. The van der Waals surface area contributed by atoms with Crippen molar-refractivity contribution in [2.24, 2.45) is 5.73 Å². The van der Waals surface area contributed by atoms with Gasteiger partial charge in [0.15, 0.2) is 6.10 Å². The van der Waals surface area contributed by atoms with Crippen LogP contribution in [0.2, 0.25) is 0 Å². The van der Waals surface area contributed by atoms with Crippen LogP contribution in [0.4, 0.5) is 5.00 Å². The predicted molar refractivity (Wildman–Crippen MR) is 91.8 cm³/mol. The Morgan fingerprint density at radius 1 is 1.21 bits per heavy atom. The summed E-state index contributed by atoms with van der Waals surface area (Å²) < 4.78 is 5.12. The summed E-state index contributed by atoms with van der Waals surface area (Å²) in [7, 11) is 0. The van der Waals surface area contributed by atoms with Gasteiger partial charge in [-0.1, -0.05) is 30.3 Å². The molecule has 2 amide bonds. The molecular weight excluding hydrogens is 328 g/mol. The van der Waals surface area contributed by atoms with Crippen molar-refractivity contribution in [3.63, 3.8) is 0 Å². The average molecular weight is 346 g/mol. The lowest BCUT2D eigenvalue weighted by molar-refractivity contribution is -0.153. The number of nitrogens with one attached hydrogen (secondary N) is 1. The molecule has 0 bridgehead atoms. The third kappa shape index (κ3) is 4.92. The Hall–Kier alpha value is -2.67. The van der Waals surface area contributed by atoms with Crippen LogP contribution in [0.3, 0.4) is 0 Å². The summed E-state index contributed by atoms with van der Waals surface area (Å²) in [5.74, 6) is -1.59. The van der Waals surface area contributed by atoms with Gasteiger partial charge in [0.25, 0.3) is 11.8 Å². The lowest BCUT2D eigenvalue weighted by Crippen LogP contribution is -2.30. The van der Waals surface area contributed by atoms with Gasteiger partial charge in [-0.15, -0.1) is 11.3 Å². The van der Waals surface area contributed by atoms with Crippen LogP contribution in [0, 0.1) is 0 Å². The largest absolute Gasteiger partial charge is 0.453 e. The van der Waals surface area contributed by atoms with E-state index in [1.165, 1.54) is 24.3 Å². The smallest absolute Gasteiger partial charge is 0.306 e. The van der Waals surface area contributed by atoms with Gasteiger partial charge in [-0.05, 0) is 30.4 Å². The van der Waals surface area contributed by atoms with E-state index >= 15 is 0 Å². The van der Waals surface area contributed by atoms with Gasteiger partial charge in [0.2, 0.25) is 0 Å². The number of benzene rings is 1. The molecule has 1 atom stereocenters. The molecule has 2 aromatic rings. The monoisotopic (exact) mass is 346 g/mol. The second kappa shape index (κ2) is 8.26. The van der Waals surface area contributed by atoms with Crippen LogP contribution in [0.1, 0.15) is 29.3 Å². The van der Waals surface area contributed by atoms with Crippen molar-refractivity contribution in [3.05, 3.63) is 52.9 Å². The summed E-state index contributed by atoms with van der Waals surface area (Å²) in [6, 6.07) is 11.1. The number of primary amides is 1. The highest BCUT2D eigenvalue weighted by atomic mass is 32.1. The Morgan fingerprint density at radius 3 is 2.58 bits per heavy atom. The second-order valence-electron chi connectivity index (χ2n) is 5.13. The number of thiophene rings is 1. The van der Waals surface area contributed by atoms with Crippen molar-refractivity contribution < 1.29 is 19.1 Å². The van der Waals surface area contributed by atoms with Gasteiger partial charge in [0.05, 0.1) is 5.56 Å². The molecule has 0 aliphatic heterocycles. The molecule has 0 spiro atoms. The Balaban J connectivity index is 1.83. The quantitative estimate of drug-likeness (QED) is 0.752. The van der Waals surface area contributed by atoms with E-state index in [1.54, 1.807) is 5.38 Å². The van der Waals surface area contributed by atoms with Crippen molar-refractivity contribution in [2.45, 2.75) is 25.9 Å². The number of ether oxygens (including phenoxy) is 1. The van der Waals surface area contributed by atoms with Crippen molar-refractivity contribution >= 4 is 34.1 Å². The molecular formula is C17H18N2O4S. The number of anilines is 1. The molecule has 0 unspecified atom stereocenters. The molecule has 0 saturated heterocycles. The summed E-state index contributed by atoms with van der Waals surface area (Å²) in [6.45, 7) is 1.48. The summed E-state index contributed by atoms with van der Waals surface area (Å²) >= 11 is 1.18. The summed E-state index contributed by atoms with van der Waals surface area (Å²) in [5.41, 5.74) is 6.47. The molecule has 1 aromatic carbocycles. The van der Waals surface area contributed by atoms with E-state index in [4.69, 9.17) is 10.5 Å². The van der Waals surface area contributed by atoms with Gasteiger partial charge >= 0.3 is 5.97 Å². The topological polar surface area (TPSA) is 98.5 Å². The third-order valence-corrected chi connectivity index (χ3v) is 4.14. The predicted octanol–water partition coefficient (Wildman–Crippen LogP) is 2.35. The number of esters is 1. The Kier molecular flexibility index (Phi) is 6.08. The van der Waals surface area contributed by atoms with Gasteiger partial charge in [-0.2, -0.15) is 0 Å². The van der Waals surface area contributed by atoms with E-state index in [9.17, 15) is 14.4 Å². The van der Waals surface area contributed by atoms with Crippen LogP contribution in [0.25, 0.3) is 0 Å². The number of amides is 2. The molecule has 0 fully saturated rings. The summed E-state index contributed by atoms with van der Waals surface area (Å²) in [5, 5.41) is 4.54. The summed E-state index contributed by atoms with van der Waals surface area (Å²) in [6.07, 6.45) is -0.228. The van der Waals surface area contributed by atoms with Gasteiger partial charge in [0, 0.05) is 6.42 Å². The van der Waals surface area contributed by atoms with Crippen LogP contribution in [-0.4, -0.2) is 23.9 Å². The fourth-order valence-electron chi connectivity index (χ4n) is 2.01. The first kappa shape index (κ1) is 17.7. The van der Waals surface area contributed by atoms with Gasteiger partial charge in [-0.3, -0.25) is 14.4 Å². The Bertz CT molecular complexity index is 727. The minimum Gasteiger partial charge on any atom is -0.453 e. The number of hydrogen-bond acceptors (Lipinski definition) is 5. The molecule has 1 aromatic heterocycles. The maximum atomic E-state index is 12.1. The highest BCUT2D eigenvalue weighted by molar-refractivity contribution is 7.14. The zero-order chi connectivity index (χ0) is 17.5. The first-order valence-electron chi connectivity index (χ1n) is 7.39. The molecule has 0 saturated carbocycles. The lowest BCUT2D eigenvalue weighted by atomic mass is 10.1. The van der Waals surface area contributed by atoms with Crippen molar-refractivity contribution in [2.75, 3.05) is 5.32 Å². The first-order valence-corrected chi connectivity index (χ1v) is 8.27. The number of nitrogens with two attached hydrogens (primary N) is 1. The van der Waals surface area contributed by atoms with E-state index in [0.717, 1.165) is 5.56 Å². The van der Waals surface area contributed by atoms with E-state index in [0.29, 0.717) is 11.4 Å². The Morgan fingerprint density at radius 2 is 1.92 bits per heavy atom. The van der Waals surface area contributed by atoms with Crippen LogP contribution < -0.4 is 11.1 Å². The molecule has 6 nitrogen and oxygen atoms in total. The van der Waals surface area contributed by atoms with E-state index < -0.39 is 23.9 Å². The number of hydrogen-bond donors (Lipinski definition) is 2. The third-order valence-electron chi connectivity index (χ3n) is 3.31. The maximum Gasteiger partial charge on any atom is 0.306 e. The van der Waals surface area contributed by atoms with E-state index in [1.807, 2.05) is 30.3 Å². The van der Waals surface area contributed by atoms with Gasteiger partial charge < -0.3 is 15.8 Å². The molecule has 0 aliphatic rings. The zero-order valence-corrected chi connectivity index (χ0v) is 14.0. The Labute approximate surface area is 143 Å². The fraction of sp³-hybridized carbons (Fsp3) is 0.235. The first-order chi connectivity index (χ1) is 11.5. The maximum absolute atomic E-state index is 12.1. The average Bonchev–Trinajstić information content (AvgIpc) is 3.02. The van der Waals surface area contributed by atoms with Gasteiger partial charge in [-0.25, -0.2) is 0 Å². The lowest BCUT2D eigenvalue weighted by Gasteiger charge is -2.13. The molecule has 0 radical (unpaired) electrons. The molecule has 126 valence electrons. The van der Waals surface area contributed by atoms with Crippen LogP contribution in [0.15, 0.2) is 41.8 Å². The highest BCUT2D eigenvalue weighted by Crippen LogP contribution is 2.23. The SMILES string of the molecule is C[C@@H](OC(=O)CCc1ccccc1)C(=O)Nc1sccc1C(N)=O. The van der Waals surface area contributed by atoms with Crippen LogP contribution in [-0.2, 0) is 20.7 Å². The number of carbonyl (C=O) groups is 3. The van der Waals surface area contributed by atoms with Crippen molar-refractivity contribution in [3.8, 4) is 0 Å². The molecule has 2 rings (SSSR count). The fourth-order valence-corrected chi connectivity index (χ4v) is 2.81. The normalized spacial score (nSPS) is 11.5. The van der Waals surface area contributed by atoms with E-state index in [2.05, 4.69) is 5.32 Å². The molecule has 24 heavy (non-hydrogen) atoms. The summed E-state index contributed by atoms with van der Waals surface area (Å²) in [4.78, 5) is 35.1. The number of carbonyl (C=O) groups excluding carboxylic acids is 3. The minimum atomic E-state index is -0.962. The standard InChI is InChI=1S/C17H18N2O4S/c1-11(16(22)19-17-13(15(18)21)9-10-24-17)23-14(20)8-7-12-5-3-2-4-6-12/h2-6,9-11H,7-8H2,1H3,(H2,18,21)(H,19,22)/t11-/m1/s1. The minimum absolute atomic E-state index is 0.188. The van der Waals surface area contributed by atoms with Crippen LogP contribution >= 0.6 is 11.3 Å². The van der Waals surface area contributed by atoms with E-state index in [-0.39, 0.29) is 12.0 Å². The molecule has 1 heterocycles.